The number of rotatable bonds is 5. The van der Waals surface area contributed by atoms with Gasteiger partial charge >= 0.3 is 0 Å². The van der Waals surface area contributed by atoms with Crippen molar-refractivity contribution in [3.63, 3.8) is 0 Å². The van der Waals surface area contributed by atoms with Crippen LogP contribution in [0.3, 0.4) is 0 Å². The summed E-state index contributed by atoms with van der Waals surface area (Å²) >= 11 is 0. The Labute approximate surface area is 108 Å². The second-order valence-electron chi connectivity index (χ2n) is 4.59. The Morgan fingerprint density at radius 3 is 2.78 bits per heavy atom. The summed E-state index contributed by atoms with van der Waals surface area (Å²) in [5, 5.41) is 0. The highest BCUT2D eigenvalue weighted by Gasteiger charge is 2.16. The Balaban J connectivity index is 1.99. The van der Waals surface area contributed by atoms with E-state index in [1.165, 1.54) is 32.3 Å². The molecule has 18 heavy (non-hydrogen) atoms. The number of hydrogen-bond donors (Lipinski definition) is 1. The summed E-state index contributed by atoms with van der Waals surface area (Å²) < 4.78 is 5.26. The minimum absolute atomic E-state index is 0.385. The Kier molecular flexibility index (Phi) is 4.19. The third-order valence-electron chi connectivity index (χ3n) is 3.33. The third-order valence-corrected chi connectivity index (χ3v) is 3.33. The average Bonchev–Trinajstić information content (AvgIpc) is 2.88. The number of nitrogens with two attached hydrogens (primary N) is 1. The largest absolute Gasteiger partial charge is 0.490 e. The van der Waals surface area contributed by atoms with Crippen molar-refractivity contribution in [3.05, 3.63) is 6.33 Å². The highest BCUT2D eigenvalue weighted by atomic mass is 16.5. The van der Waals surface area contributed by atoms with Crippen LogP contribution in [-0.2, 0) is 0 Å². The van der Waals surface area contributed by atoms with Crippen LogP contribution in [0.25, 0.3) is 0 Å². The maximum Gasteiger partial charge on any atom is 0.204 e. The van der Waals surface area contributed by atoms with Crippen molar-refractivity contribution in [2.24, 2.45) is 0 Å². The van der Waals surface area contributed by atoms with E-state index in [2.05, 4.69) is 19.8 Å². The van der Waals surface area contributed by atoms with E-state index < -0.39 is 0 Å². The van der Waals surface area contributed by atoms with Crippen LogP contribution in [0.2, 0.25) is 0 Å². The quantitative estimate of drug-likeness (QED) is 0.826. The molecule has 1 aromatic heterocycles. The molecule has 100 valence electrons. The lowest BCUT2D eigenvalue weighted by molar-refractivity contribution is 0.345. The first-order valence-corrected chi connectivity index (χ1v) is 6.30. The standard InChI is InChI=1S/C12H21N5O/c1-16(7-8-17-5-3-4-6-17)12-10(18-2)11(13)14-9-15-12/h9H,3-8H2,1-2H3,(H2,13,14,15). The van der Waals surface area contributed by atoms with Gasteiger partial charge in [0.25, 0.3) is 0 Å². The maximum atomic E-state index is 5.77. The zero-order chi connectivity index (χ0) is 13.0. The molecule has 0 bridgehead atoms. The van der Waals surface area contributed by atoms with Gasteiger partial charge in [-0.15, -0.1) is 0 Å². The molecule has 2 heterocycles. The van der Waals surface area contributed by atoms with E-state index in [-0.39, 0.29) is 0 Å². The number of methoxy groups -OCH3 is 1. The van der Waals surface area contributed by atoms with Crippen LogP contribution in [0.15, 0.2) is 6.33 Å². The lowest BCUT2D eigenvalue weighted by atomic mass is 10.4. The number of nitrogens with zero attached hydrogens (tertiary/aromatic N) is 4. The Morgan fingerprint density at radius 2 is 2.11 bits per heavy atom. The molecular weight excluding hydrogens is 230 g/mol. The molecule has 1 fully saturated rings. The molecule has 0 unspecified atom stereocenters. The van der Waals surface area contributed by atoms with Gasteiger partial charge in [0, 0.05) is 20.1 Å². The maximum absolute atomic E-state index is 5.77. The molecule has 6 heteroatoms. The van der Waals surface area contributed by atoms with Crippen molar-refractivity contribution in [1.29, 1.82) is 0 Å². The molecule has 6 nitrogen and oxygen atoms in total. The summed E-state index contributed by atoms with van der Waals surface area (Å²) in [5.41, 5.74) is 5.77. The molecule has 0 saturated carbocycles. The Hall–Kier alpha value is -1.56. The number of likely N-dealkylation sites (N-methyl/N-ethyl adjacent to an activating group) is 1. The van der Waals surface area contributed by atoms with E-state index in [0.717, 1.165) is 18.9 Å². The van der Waals surface area contributed by atoms with Gasteiger partial charge in [-0.3, -0.25) is 0 Å². The van der Waals surface area contributed by atoms with Crippen molar-refractivity contribution in [1.82, 2.24) is 14.9 Å². The number of nitrogen functional groups attached to an aromatic ring is 1. The minimum atomic E-state index is 0.385. The van der Waals surface area contributed by atoms with Gasteiger partial charge in [0.2, 0.25) is 5.75 Å². The third kappa shape index (κ3) is 2.81. The van der Waals surface area contributed by atoms with E-state index in [9.17, 15) is 0 Å². The first kappa shape index (κ1) is 12.9. The van der Waals surface area contributed by atoms with Crippen LogP contribution in [-0.4, -0.2) is 55.2 Å². The van der Waals surface area contributed by atoms with Gasteiger partial charge in [-0.25, -0.2) is 9.97 Å². The lowest BCUT2D eigenvalue weighted by Gasteiger charge is -2.23. The van der Waals surface area contributed by atoms with E-state index in [4.69, 9.17) is 10.5 Å². The molecule has 0 spiro atoms. The van der Waals surface area contributed by atoms with Gasteiger partial charge in [0.05, 0.1) is 7.11 Å². The minimum Gasteiger partial charge on any atom is -0.490 e. The van der Waals surface area contributed by atoms with Gasteiger partial charge in [-0.05, 0) is 25.9 Å². The zero-order valence-electron chi connectivity index (χ0n) is 11.1. The lowest BCUT2D eigenvalue weighted by Crippen LogP contribution is -2.32. The number of anilines is 2. The van der Waals surface area contributed by atoms with Gasteiger partial charge in [-0.1, -0.05) is 0 Å². The zero-order valence-corrected chi connectivity index (χ0v) is 11.1. The molecule has 0 aromatic carbocycles. The Morgan fingerprint density at radius 1 is 1.39 bits per heavy atom. The second kappa shape index (κ2) is 5.86. The van der Waals surface area contributed by atoms with Gasteiger partial charge in [0.15, 0.2) is 11.6 Å². The van der Waals surface area contributed by atoms with Crippen molar-refractivity contribution >= 4 is 11.6 Å². The van der Waals surface area contributed by atoms with Crippen molar-refractivity contribution < 1.29 is 4.74 Å². The van der Waals surface area contributed by atoms with Crippen LogP contribution in [0.5, 0.6) is 5.75 Å². The smallest absolute Gasteiger partial charge is 0.204 e. The highest BCUT2D eigenvalue weighted by Crippen LogP contribution is 2.28. The fourth-order valence-corrected chi connectivity index (χ4v) is 2.25. The normalized spacial score (nSPS) is 15.9. The Bertz CT molecular complexity index is 392. The molecule has 0 amide bonds. The van der Waals surface area contributed by atoms with Crippen LogP contribution in [0.1, 0.15) is 12.8 Å². The SMILES string of the molecule is COc1c(N)ncnc1N(C)CCN1CCCC1. The van der Waals surface area contributed by atoms with Gasteiger partial charge in [-0.2, -0.15) is 0 Å². The molecule has 0 atom stereocenters. The number of ether oxygens (including phenoxy) is 1. The molecule has 1 aliphatic rings. The molecule has 1 aliphatic heterocycles. The second-order valence-corrected chi connectivity index (χ2v) is 4.59. The number of likely N-dealkylation sites (tertiary alicyclic amines) is 1. The number of hydrogen-bond acceptors (Lipinski definition) is 6. The van der Waals surface area contributed by atoms with Crippen LogP contribution in [0.4, 0.5) is 11.6 Å². The van der Waals surface area contributed by atoms with Gasteiger partial charge in [0.1, 0.15) is 6.33 Å². The predicted molar refractivity (Wildman–Crippen MR) is 71.9 cm³/mol. The first-order chi connectivity index (χ1) is 8.72. The van der Waals surface area contributed by atoms with Crippen molar-refractivity contribution in [3.8, 4) is 5.75 Å². The molecular formula is C12H21N5O. The summed E-state index contributed by atoms with van der Waals surface area (Å²) in [7, 11) is 3.59. The summed E-state index contributed by atoms with van der Waals surface area (Å²) in [4.78, 5) is 12.7. The molecule has 0 aliphatic carbocycles. The molecule has 2 rings (SSSR count). The van der Waals surface area contributed by atoms with Crippen LogP contribution >= 0.6 is 0 Å². The van der Waals surface area contributed by atoms with E-state index in [0.29, 0.717) is 11.6 Å². The highest BCUT2D eigenvalue weighted by molar-refractivity contribution is 5.62. The summed E-state index contributed by atoms with van der Waals surface area (Å²) in [6.45, 7) is 4.37. The summed E-state index contributed by atoms with van der Waals surface area (Å²) in [6, 6.07) is 0. The molecule has 0 radical (unpaired) electrons. The number of aromatic nitrogens is 2. The topological polar surface area (TPSA) is 67.5 Å². The fourth-order valence-electron chi connectivity index (χ4n) is 2.25. The van der Waals surface area contributed by atoms with Gasteiger partial charge < -0.3 is 20.3 Å². The fraction of sp³-hybridized carbons (Fsp3) is 0.667. The van der Waals surface area contributed by atoms with Crippen LogP contribution < -0.4 is 15.4 Å². The van der Waals surface area contributed by atoms with E-state index >= 15 is 0 Å². The first-order valence-electron chi connectivity index (χ1n) is 6.30. The average molecular weight is 251 g/mol. The molecule has 1 saturated heterocycles. The van der Waals surface area contributed by atoms with Crippen molar-refractivity contribution in [2.75, 3.05) is 51.0 Å². The summed E-state index contributed by atoms with van der Waals surface area (Å²) in [6.07, 6.45) is 4.10. The van der Waals surface area contributed by atoms with Crippen molar-refractivity contribution in [2.45, 2.75) is 12.8 Å². The van der Waals surface area contributed by atoms with E-state index in [1.54, 1.807) is 7.11 Å². The summed E-state index contributed by atoms with van der Waals surface area (Å²) in [5.74, 6) is 1.70. The van der Waals surface area contributed by atoms with Crippen LogP contribution in [0, 0.1) is 0 Å². The molecule has 2 N–H and O–H groups in total. The monoisotopic (exact) mass is 251 g/mol. The predicted octanol–water partition coefficient (Wildman–Crippen LogP) is 0.599. The molecule has 1 aromatic rings. The van der Waals surface area contributed by atoms with E-state index in [1.807, 2.05) is 7.05 Å².